The van der Waals surface area contributed by atoms with Crippen LogP contribution in [0.5, 0.6) is 0 Å². The van der Waals surface area contributed by atoms with Gasteiger partial charge in [0.25, 0.3) is 0 Å². The maximum Gasteiger partial charge on any atom is 0.0194 e. The first kappa shape index (κ1) is 12.7. The Bertz CT molecular complexity index is 418. The average Bonchev–Trinajstić information content (AvgIpc) is 2.29. The highest BCUT2D eigenvalue weighted by molar-refractivity contribution is 8.03. The normalized spacial score (nSPS) is 11.0. The summed E-state index contributed by atoms with van der Waals surface area (Å²) >= 11 is 1.66. The van der Waals surface area contributed by atoms with Crippen molar-refractivity contribution in [3.63, 3.8) is 0 Å². The molecule has 0 unspecified atom stereocenters. The Kier molecular flexibility index (Phi) is 4.93. The SMILES string of the molecule is C=Cc1ccccc1SC(=C)/C=C(\C)NC. The Hall–Kier alpha value is -1.41. The summed E-state index contributed by atoms with van der Waals surface area (Å²) in [5.41, 5.74) is 2.25. The maximum atomic E-state index is 4.03. The third-order valence-corrected chi connectivity index (χ3v) is 3.12. The van der Waals surface area contributed by atoms with E-state index in [0.717, 1.165) is 16.2 Å². The Morgan fingerprint density at radius 2 is 2.06 bits per heavy atom. The molecule has 0 saturated carbocycles. The zero-order chi connectivity index (χ0) is 12.0. The minimum Gasteiger partial charge on any atom is -0.392 e. The molecule has 1 rings (SSSR count). The van der Waals surface area contributed by atoms with Crippen molar-refractivity contribution in [2.24, 2.45) is 0 Å². The number of rotatable bonds is 5. The van der Waals surface area contributed by atoms with Crippen molar-refractivity contribution in [1.29, 1.82) is 0 Å². The average molecular weight is 231 g/mol. The Morgan fingerprint density at radius 3 is 2.69 bits per heavy atom. The third-order valence-electron chi connectivity index (χ3n) is 2.15. The second kappa shape index (κ2) is 6.23. The van der Waals surface area contributed by atoms with Crippen LogP contribution in [0.1, 0.15) is 12.5 Å². The van der Waals surface area contributed by atoms with Gasteiger partial charge in [-0.15, -0.1) is 0 Å². The molecule has 0 heterocycles. The largest absolute Gasteiger partial charge is 0.392 e. The zero-order valence-corrected chi connectivity index (χ0v) is 10.6. The lowest BCUT2D eigenvalue weighted by Crippen LogP contribution is -2.00. The van der Waals surface area contributed by atoms with Crippen LogP contribution in [0.3, 0.4) is 0 Å². The summed E-state index contributed by atoms with van der Waals surface area (Å²) in [5, 5.41) is 3.08. The van der Waals surface area contributed by atoms with Crippen LogP contribution in [0.25, 0.3) is 6.08 Å². The Labute approximate surface area is 102 Å². The van der Waals surface area contributed by atoms with Crippen LogP contribution in [-0.2, 0) is 0 Å². The Balaban J connectivity index is 2.81. The second-order valence-corrected chi connectivity index (χ2v) is 4.56. The molecule has 1 aromatic rings. The van der Waals surface area contributed by atoms with E-state index in [1.165, 1.54) is 4.90 Å². The quantitative estimate of drug-likeness (QED) is 0.606. The van der Waals surface area contributed by atoms with Crippen LogP contribution in [0.15, 0.2) is 59.0 Å². The molecular formula is C14H17NS. The van der Waals surface area contributed by atoms with E-state index in [4.69, 9.17) is 0 Å². The van der Waals surface area contributed by atoms with Gasteiger partial charge in [0.2, 0.25) is 0 Å². The molecule has 1 aromatic carbocycles. The van der Waals surface area contributed by atoms with E-state index in [2.05, 4.69) is 30.6 Å². The standard InChI is InChI=1S/C14H17NS/c1-5-13-8-6-7-9-14(13)16-12(3)10-11(2)15-4/h5-10,15H,1,3H2,2,4H3/b11-10+. The van der Waals surface area contributed by atoms with Crippen LogP contribution in [0, 0.1) is 0 Å². The van der Waals surface area contributed by atoms with Gasteiger partial charge in [-0.2, -0.15) is 0 Å². The van der Waals surface area contributed by atoms with E-state index in [1.807, 2.05) is 38.3 Å². The minimum absolute atomic E-state index is 1.01. The smallest absolute Gasteiger partial charge is 0.0194 e. The topological polar surface area (TPSA) is 12.0 Å². The molecule has 84 valence electrons. The van der Waals surface area contributed by atoms with Crippen molar-refractivity contribution in [1.82, 2.24) is 5.32 Å². The monoisotopic (exact) mass is 231 g/mol. The van der Waals surface area contributed by atoms with E-state index in [9.17, 15) is 0 Å². The number of hydrogen-bond donors (Lipinski definition) is 1. The van der Waals surface area contributed by atoms with E-state index < -0.39 is 0 Å². The molecule has 16 heavy (non-hydrogen) atoms. The van der Waals surface area contributed by atoms with Gasteiger partial charge in [-0.25, -0.2) is 0 Å². The number of allylic oxidation sites excluding steroid dienone is 2. The molecule has 0 aliphatic heterocycles. The molecule has 0 fully saturated rings. The van der Waals surface area contributed by atoms with Gasteiger partial charge in [-0.1, -0.05) is 49.2 Å². The van der Waals surface area contributed by atoms with Gasteiger partial charge in [-0.05, 0) is 24.6 Å². The van der Waals surface area contributed by atoms with Crippen molar-refractivity contribution in [3.8, 4) is 0 Å². The molecule has 0 saturated heterocycles. The van der Waals surface area contributed by atoms with Crippen LogP contribution in [0.4, 0.5) is 0 Å². The fraction of sp³-hybridized carbons (Fsp3) is 0.143. The lowest BCUT2D eigenvalue weighted by molar-refractivity contribution is 0.990. The predicted molar refractivity (Wildman–Crippen MR) is 74.3 cm³/mol. The van der Waals surface area contributed by atoms with Crippen LogP contribution in [-0.4, -0.2) is 7.05 Å². The highest BCUT2D eigenvalue weighted by atomic mass is 32.2. The van der Waals surface area contributed by atoms with Gasteiger partial charge in [0, 0.05) is 22.5 Å². The van der Waals surface area contributed by atoms with Gasteiger partial charge in [0.1, 0.15) is 0 Å². The highest BCUT2D eigenvalue weighted by Gasteiger charge is 2.00. The van der Waals surface area contributed by atoms with Crippen LogP contribution < -0.4 is 5.32 Å². The lowest BCUT2D eigenvalue weighted by Gasteiger charge is -2.06. The zero-order valence-electron chi connectivity index (χ0n) is 9.79. The van der Waals surface area contributed by atoms with E-state index in [0.29, 0.717) is 0 Å². The molecule has 0 aromatic heterocycles. The highest BCUT2D eigenvalue weighted by Crippen LogP contribution is 2.30. The summed E-state index contributed by atoms with van der Waals surface area (Å²) in [5.74, 6) is 0. The molecular weight excluding hydrogens is 214 g/mol. The lowest BCUT2D eigenvalue weighted by atomic mass is 10.2. The summed E-state index contributed by atoms with van der Waals surface area (Å²) in [6, 6.07) is 8.17. The van der Waals surface area contributed by atoms with Gasteiger partial charge in [0.15, 0.2) is 0 Å². The van der Waals surface area contributed by atoms with Gasteiger partial charge in [0.05, 0.1) is 0 Å². The third kappa shape index (κ3) is 3.63. The van der Waals surface area contributed by atoms with Crippen molar-refractivity contribution in [2.45, 2.75) is 11.8 Å². The van der Waals surface area contributed by atoms with Crippen molar-refractivity contribution in [3.05, 3.63) is 59.7 Å². The molecule has 0 amide bonds. The van der Waals surface area contributed by atoms with Gasteiger partial charge < -0.3 is 5.32 Å². The van der Waals surface area contributed by atoms with Crippen molar-refractivity contribution >= 4 is 17.8 Å². The number of hydrogen-bond acceptors (Lipinski definition) is 2. The Morgan fingerprint density at radius 1 is 1.38 bits per heavy atom. The fourth-order valence-electron chi connectivity index (χ4n) is 1.23. The molecule has 0 spiro atoms. The molecule has 1 N–H and O–H groups in total. The summed E-state index contributed by atoms with van der Waals surface area (Å²) in [4.78, 5) is 2.20. The molecule has 0 bridgehead atoms. The van der Waals surface area contributed by atoms with E-state index in [-0.39, 0.29) is 0 Å². The number of nitrogens with one attached hydrogen (secondary N) is 1. The first-order valence-corrected chi connectivity index (χ1v) is 5.93. The van der Waals surface area contributed by atoms with Crippen LogP contribution in [0.2, 0.25) is 0 Å². The molecule has 0 aliphatic rings. The van der Waals surface area contributed by atoms with Crippen LogP contribution >= 0.6 is 11.8 Å². The first-order chi connectivity index (χ1) is 7.67. The number of thioether (sulfide) groups is 1. The predicted octanol–water partition coefficient (Wildman–Crippen LogP) is 4.06. The molecule has 0 aliphatic carbocycles. The summed E-state index contributed by atoms with van der Waals surface area (Å²) in [7, 11) is 1.90. The van der Waals surface area contributed by atoms with E-state index >= 15 is 0 Å². The first-order valence-electron chi connectivity index (χ1n) is 5.11. The fourth-order valence-corrected chi connectivity index (χ4v) is 2.16. The summed E-state index contributed by atoms with van der Waals surface area (Å²) in [6.07, 6.45) is 3.90. The molecule has 2 heteroatoms. The van der Waals surface area contributed by atoms with Gasteiger partial charge >= 0.3 is 0 Å². The molecule has 0 radical (unpaired) electrons. The molecule has 1 nitrogen and oxygen atoms in total. The van der Waals surface area contributed by atoms with Gasteiger partial charge in [-0.3, -0.25) is 0 Å². The van der Waals surface area contributed by atoms with Crippen molar-refractivity contribution < 1.29 is 0 Å². The maximum absolute atomic E-state index is 4.03. The second-order valence-electron chi connectivity index (χ2n) is 3.39. The summed E-state index contributed by atoms with van der Waals surface area (Å²) < 4.78 is 0. The van der Waals surface area contributed by atoms with E-state index in [1.54, 1.807) is 11.8 Å². The number of benzene rings is 1. The minimum atomic E-state index is 1.01. The van der Waals surface area contributed by atoms with Crippen molar-refractivity contribution in [2.75, 3.05) is 7.05 Å². The molecule has 0 atom stereocenters. The summed E-state index contributed by atoms with van der Waals surface area (Å²) in [6.45, 7) is 9.85.